The van der Waals surface area contributed by atoms with Crippen molar-refractivity contribution < 1.29 is 19.1 Å². The number of rotatable bonds is 4. The summed E-state index contributed by atoms with van der Waals surface area (Å²) in [5, 5.41) is 0. The number of nitrogens with zero attached hydrogens (tertiary/aromatic N) is 1. The standard InChI is InChI=1S/C10H11BrN2O4/c1-2-16-9(14)5-17-10(15)6-3-8(12)13-4-7(6)11/h3-4H,2,5H2,1H3,(H2,12,13). The van der Waals surface area contributed by atoms with Gasteiger partial charge in [-0.3, -0.25) is 0 Å². The Labute approximate surface area is 106 Å². The Bertz CT molecular complexity index is 436. The molecule has 0 aliphatic heterocycles. The number of hydrogen-bond acceptors (Lipinski definition) is 6. The zero-order chi connectivity index (χ0) is 12.8. The van der Waals surface area contributed by atoms with Crippen LogP contribution in [0.5, 0.6) is 0 Å². The highest BCUT2D eigenvalue weighted by atomic mass is 79.9. The number of carbonyl (C=O) groups is 2. The Morgan fingerprint density at radius 2 is 2.18 bits per heavy atom. The smallest absolute Gasteiger partial charge is 0.344 e. The first-order chi connectivity index (χ1) is 8.04. The number of carbonyl (C=O) groups excluding carboxylic acids is 2. The average molecular weight is 303 g/mol. The van der Waals surface area contributed by atoms with Gasteiger partial charge in [-0.2, -0.15) is 0 Å². The topological polar surface area (TPSA) is 91.5 Å². The van der Waals surface area contributed by atoms with E-state index in [0.717, 1.165) is 0 Å². The second kappa shape index (κ2) is 6.19. The Balaban J connectivity index is 2.64. The molecule has 7 heteroatoms. The molecule has 0 aromatic carbocycles. The van der Waals surface area contributed by atoms with E-state index in [4.69, 9.17) is 10.5 Å². The van der Waals surface area contributed by atoms with E-state index in [2.05, 4.69) is 25.7 Å². The van der Waals surface area contributed by atoms with Crippen LogP contribution in [0.25, 0.3) is 0 Å². The van der Waals surface area contributed by atoms with Crippen molar-refractivity contribution >= 4 is 33.7 Å². The first-order valence-electron chi connectivity index (χ1n) is 4.78. The van der Waals surface area contributed by atoms with E-state index in [1.54, 1.807) is 6.92 Å². The number of aromatic nitrogens is 1. The van der Waals surface area contributed by atoms with Crippen LogP contribution in [0.15, 0.2) is 16.7 Å². The highest BCUT2D eigenvalue weighted by Crippen LogP contribution is 2.18. The third-order valence-electron chi connectivity index (χ3n) is 1.72. The molecule has 2 N–H and O–H groups in total. The summed E-state index contributed by atoms with van der Waals surface area (Å²) in [6, 6.07) is 1.36. The summed E-state index contributed by atoms with van der Waals surface area (Å²) in [6.07, 6.45) is 1.39. The molecule has 17 heavy (non-hydrogen) atoms. The van der Waals surface area contributed by atoms with E-state index in [1.807, 2.05) is 0 Å². The fraction of sp³-hybridized carbons (Fsp3) is 0.300. The molecule has 6 nitrogen and oxygen atoms in total. The number of anilines is 1. The molecule has 0 spiro atoms. The lowest BCUT2D eigenvalue weighted by atomic mass is 10.2. The van der Waals surface area contributed by atoms with Crippen molar-refractivity contribution in [2.75, 3.05) is 18.9 Å². The van der Waals surface area contributed by atoms with Crippen LogP contribution in [0.4, 0.5) is 5.82 Å². The molecule has 1 aromatic rings. The lowest BCUT2D eigenvalue weighted by Crippen LogP contribution is -2.17. The summed E-state index contributed by atoms with van der Waals surface area (Å²) in [5.41, 5.74) is 5.65. The van der Waals surface area contributed by atoms with Crippen molar-refractivity contribution in [3.8, 4) is 0 Å². The van der Waals surface area contributed by atoms with Crippen LogP contribution in [0.3, 0.4) is 0 Å². The molecule has 0 aliphatic carbocycles. The van der Waals surface area contributed by atoms with E-state index < -0.39 is 18.5 Å². The molecule has 0 amide bonds. The van der Waals surface area contributed by atoms with Crippen molar-refractivity contribution in [1.82, 2.24) is 4.98 Å². The molecule has 0 saturated heterocycles. The zero-order valence-electron chi connectivity index (χ0n) is 9.10. The predicted molar refractivity (Wildman–Crippen MR) is 63.3 cm³/mol. The number of hydrogen-bond donors (Lipinski definition) is 1. The molecular formula is C10H11BrN2O4. The monoisotopic (exact) mass is 302 g/mol. The molecule has 0 saturated carbocycles. The van der Waals surface area contributed by atoms with Gasteiger partial charge in [0.15, 0.2) is 6.61 Å². The summed E-state index contributed by atoms with van der Waals surface area (Å²) in [5.74, 6) is -1.07. The molecular weight excluding hydrogens is 292 g/mol. The van der Waals surface area contributed by atoms with Crippen molar-refractivity contribution in [1.29, 1.82) is 0 Å². The molecule has 0 radical (unpaired) electrons. The summed E-state index contributed by atoms with van der Waals surface area (Å²) in [6.45, 7) is 1.48. The summed E-state index contributed by atoms with van der Waals surface area (Å²) >= 11 is 3.13. The van der Waals surface area contributed by atoms with Gasteiger partial charge in [0.25, 0.3) is 0 Å². The maximum absolute atomic E-state index is 11.6. The average Bonchev–Trinajstić information content (AvgIpc) is 2.29. The van der Waals surface area contributed by atoms with Crippen molar-refractivity contribution in [2.24, 2.45) is 0 Å². The highest BCUT2D eigenvalue weighted by molar-refractivity contribution is 9.10. The molecule has 1 rings (SSSR count). The van der Waals surface area contributed by atoms with Crippen molar-refractivity contribution in [3.63, 3.8) is 0 Å². The lowest BCUT2D eigenvalue weighted by molar-refractivity contribution is -0.146. The van der Waals surface area contributed by atoms with Crippen LogP contribution in [-0.2, 0) is 14.3 Å². The minimum atomic E-state index is -0.668. The van der Waals surface area contributed by atoms with Gasteiger partial charge in [-0.25, -0.2) is 14.6 Å². The largest absolute Gasteiger partial charge is 0.463 e. The minimum absolute atomic E-state index is 0.191. The fourth-order valence-corrected chi connectivity index (χ4v) is 1.39. The van der Waals surface area contributed by atoms with Gasteiger partial charge in [-0.15, -0.1) is 0 Å². The number of nitrogen functional groups attached to an aromatic ring is 1. The number of nitrogens with two attached hydrogens (primary N) is 1. The minimum Gasteiger partial charge on any atom is -0.463 e. The normalized spacial score (nSPS) is 9.76. The van der Waals surface area contributed by atoms with Crippen LogP contribution in [0.2, 0.25) is 0 Å². The Kier molecular flexibility index (Phi) is 4.89. The molecule has 1 aromatic heterocycles. The van der Waals surface area contributed by atoms with Gasteiger partial charge in [0.2, 0.25) is 0 Å². The molecule has 92 valence electrons. The number of ether oxygens (including phenoxy) is 2. The van der Waals surface area contributed by atoms with Gasteiger partial charge >= 0.3 is 11.9 Å². The van der Waals surface area contributed by atoms with Gasteiger partial charge < -0.3 is 15.2 Å². The fourth-order valence-electron chi connectivity index (χ4n) is 1.02. The van der Waals surface area contributed by atoms with E-state index in [9.17, 15) is 9.59 Å². The van der Waals surface area contributed by atoms with Gasteiger partial charge in [-0.05, 0) is 28.9 Å². The zero-order valence-corrected chi connectivity index (χ0v) is 10.7. The van der Waals surface area contributed by atoms with E-state index in [1.165, 1.54) is 12.3 Å². The Morgan fingerprint density at radius 1 is 1.47 bits per heavy atom. The number of pyridine rings is 1. The molecule has 0 fully saturated rings. The van der Waals surface area contributed by atoms with Crippen LogP contribution in [-0.4, -0.2) is 30.1 Å². The summed E-state index contributed by atoms with van der Waals surface area (Å²) < 4.78 is 9.81. The van der Waals surface area contributed by atoms with E-state index in [-0.39, 0.29) is 18.0 Å². The van der Waals surface area contributed by atoms with E-state index in [0.29, 0.717) is 4.47 Å². The SMILES string of the molecule is CCOC(=O)COC(=O)c1cc(N)ncc1Br. The second-order valence-corrected chi connectivity index (χ2v) is 3.82. The molecule has 1 heterocycles. The summed E-state index contributed by atoms with van der Waals surface area (Å²) in [4.78, 5) is 26.3. The third kappa shape index (κ3) is 4.03. The Hall–Kier alpha value is -1.63. The molecule has 0 atom stereocenters. The van der Waals surface area contributed by atoms with Crippen LogP contribution in [0.1, 0.15) is 17.3 Å². The lowest BCUT2D eigenvalue weighted by Gasteiger charge is -2.06. The van der Waals surface area contributed by atoms with Crippen molar-refractivity contribution in [2.45, 2.75) is 6.92 Å². The predicted octanol–water partition coefficient (Wildman–Crippen LogP) is 1.15. The van der Waals surface area contributed by atoms with Crippen LogP contribution < -0.4 is 5.73 Å². The quantitative estimate of drug-likeness (QED) is 0.839. The maximum Gasteiger partial charge on any atom is 0.344 e. The van der Waals surface area contributed by atoms with Gasteiger partial charge in [0, 0.05) is 6.20 Å². The van der Waals surface area contributed by atoms with Crippen LogP contribution >= 0.6 is 15.9 Å². The van der Waals surface area contributed by atoms with Gasteiger partial charge in [0.1, 0.15) is 5.82 Å². The number of halogens is 1. The second-order valence-electron chi connectivity index (χ2n) is 2.97. The molecule has 0 aliphatic rings. The van der Waals surface area contributed by atoms with Gasteiger partial charge in [0.05, 0.1) is 16.6 Å². The highest BCUT2D eigenvalue weighted by Gasteiger charge is 2.14. The van der Waals surface area contributed by atoms with E-state index >= 15 is 0 Å². The first kappa shape index (κ1) is 13.4. The third-order valence-corrected chi connectivity index (χ3v) is 2.35. The summed E-state index contributed by atoms with van der Waals surface area (Å²) in [7, 11) is 0. The first-order valence-corrected chi connectivity index (χ1v) is 5.57. The van der Waals surface area contributed by atoms with Gasteiger partial charge in [-0.1, -0.05) is 0 Å². The molecule has 0 bridgehead atoms. The Morgan fingerprint density at radius 3 is 2.82 bits per heavy atom. The van der Waals surface area contributed by atoms with Crippen LogP contribution in [0, 0.1) is 0 Å². The number of esters is 2. The maximum atomic E-state index is 11.6. The van der Waals surface area contributed by atoms with Crippen molar-refractivity contribution in [3.05, 3.63) is 22.3 Å². The molecule has 0 unspecified atom stereocenters.